The normalized spacial score (nSPS) is 13.2. The van der Waals surface area contributed by atoms with Gasteiger partial charge in [-0.2, -0.15) is 0 Å². The summed E-state index contributed by atoms with van der Waals surface area (Å²) >= 11 is 0. The number of esters is 2. The lowest BCUT2D eigenvalue weighted by molar-refractivity contribution is -0.870. The molecule has 1 N–H and O–H groups in total. The van der Waals surface area contributed by atoms with E-state index in [9.17, 15) is 19.5 Å². The first-order valence-electron chi connectivity index (χ1n) is 19.5. The number of carboxylic acid groups (broad SMARTS) is 1. The zero-order valence-electron chi connectivity index (χ0n) is 32.1. The minimum atomic E-state index is -1.50. The third kappa shape index (κ3) is 34.0. The monoisotopic (exact) mass is 697 g/mol. The number of aliphatic carboxylic acids is 1. The summed E-state index contributed by atoms with van der Waals surface area (Å²) in [7, 11) is 5.93. The lowest BCUT2D eigenvalue weighted by Gasteiger charge is -2.25. The number of carboxylic acids is 1. The molecule has 0 aliphatic heterocycles. The fourth-order valence-electron chi connectivity index (χ4n) is 5.10. The van der Waals surface area contributed by atoms with Crippen LogP contribution < -0.4 is 0 Å². The number of quaternary nitrogens is 1. The summed E-state index contributed by atoms with van der Waals surface area (Å²) < 4.78 is 22.5. The molecule has 2 atom stereocenters. The highest BCUT2D eigenvalue weighted by molar-refractivity contribution is 5.71. The fourth-order valence-corrected chi connectivity index (χ4v) is 5.10. The van der Waals surface area contributed by atoms with Crippen molar-refractivity contribution in [2.75, 3.05) is 47.5 Å². The molecule has 0 bridgehead atoms. The Kier molecular flexibility index (Phi) is 31.4. The molecule has 0 heterocycles. The Morgan fingerprint density at radius 3 is 1.63 bits per heavy atom. The van der Waals surface area contributed by atoms with Crippen LogP contribution in [0.1, 0.15) is 155 Å². The van der Waals surface area contributed by atoms with Gasteiger partial charge in [-0.1, -0.05) is 122 Å². The highest BCUT2D eigenvalue weighted by Gasteiger charge is 2.25. The third-order valence-corrected chi connectivity index (χ3v) is 8.21. The minimum absolute atomic E-state index is 0.184. The van der Waals surface area contributed by atoms with Crippen LogP contribution >= 0.6 is 0 Å². The van der Waals surface area contributed by atoms with E-state index in [-0.39, 0.29) is 32.2 Å². The molecule has 0 aromatic heterocycles. The van der Waals surface area contributed by atoms with Crippen molar-refractivity contribution in [2.24, 2.45) is 0 Å². The van der Waals surface area contributed by atoms with Crippen LogP contribution in [-0.4, -0.2) is 87.4 Å². The third-order valence-electron chi connectivity index (χ3n) is 8.21. The van der Waals surface area contributed by atoms with Crippen molar-refractivity contribution in [2.45, 2.75) is 167 Å². The van der Waals surface area contributed by atoms with E-state index in [2.05, 4.69) is 38.2 Å². The molecule has 0 aromatic rings. The van der Waals surface area contributed by atoms with Gasteiger partial charge in [-0.25, -0.2) is 4.79 Å². The summed E-state index contributed by atoms with van der Waals surface area (Å²) in [6, 6.07) is 0. The van der Waals surface area contributed by atoms with E-state index in [4.69, 9.17) is 18.9 Å². The van der Waals surface area contributed by atoms with Crippen LogP contribution in [0.2, 0.25) is 0 Å². The summed E-state index contributed by atoms with van der Waals surface area (Å²) in [6.45, 7) is 4.76. The van der Waals surface area contributed by atoms with Crippen LogP contribution in [0.4, 0.5) is 0 Å². The number of carbonyl (C=O) groups is 3. The molecular formula is C40H74NO8+. The Bertz CT molecular complexity index is 867. The fraction of sp³-hybridized carbons (Fsp3) is 0.825. The molecule has 286 valence electrons. The highest BCUT2D eigenvalue weighted by Crippen LogP contribution is 2.13. The van der Waals surface area contributed by atoms with Gasteiger partial charge in [-0.3, -0.25) is 9.59 Å². The van der Waals surface area contributed by atoms with Crippen LogP contribution in [0.25, 0.3) is 0 Å². The number of likely N-dealkylation sites (N-methyl/N-ethyl adjacent to an activating group) is 1. The van der Waals surface area contributed by atoms with Gasteiger partial charge in [0.2, 0.25) is 0 Å². The van der Waals surface area contributed by atoms with Gasteiger partial charge in [0.15, 0.2) is 6.10 Å². The number of ether oxygens (including phenoxy) is 4. The van der Waals surface area contributed by atoms with Crippen molar-refractivity contribution in [1.82, 2.24) is 0 Å². The van der Waals surface area contributed by atoms with E-state index in [1.165, 1.54) is 64.2 Å². The van der Waals surface area contributed by atoms with Crippen LogP contribution in [0, 0.1) is 0 Å². The number of nitrogens with zero attached hydrogens (tertiary/aromatic N) is 1. The standard InChI is InChI=1S/C40H73NO8/c1-6-8-10-12-14-15-16-17-18-19-20-21-22-23-24-25-27-29-31-38(43)49-36(34-47-37(42)30-28-26-13-11-9-7-2)35-48-40(39(44)45)46-33-32-41(3,4)5/h15-16,18-19,36,40H,6-14,17,20-35H2,1-5H3/p+1/b16-15-,19-18-. The lowest BCUT2D eigenvalue weighted by atomic mass is 10.1. The largest absolute Gasteiger partial charge is 0.477 e. The van der Waals surface area contributed by atoms with E-state index in [0.717, 1.165) is 57.8 Å². The van der Waals surface area contributed by atoms with Gasteiger partial charge < -0.3 is 28.5 Å². The molecule has 2 unspecified atom stereocenters. The molecule has 0 amide bonds. The molecule has 9 heteroatoms. The van der Waals surface area contributed by atoms with E-state index in [1.54, 1.807) is 0 Å². The molecule has 9 nitrogen and oxygen atoms in total. The van der Waals surface area contributed by atoms with Crippen molar-refractivity contribution in [3.05, 3.63) is 24.3 Å². The Morgan fingerprint density at radius 2 is 1.10 bits per heavy atom. The molecular weight excluding hydrogens is 622 g/mol. The Balaban J connectivity index is 4.41. The van der Waals surface area contributed by atoms with Gasteiger partial charge in [0.1, 0.15) is 13.2 Å². The number of allylic oxidation sites excluding steroid dienone is 4. The van der Waals surface area contributed by atoms with Crippen LogP contribution in [0.5, 0.6) is 0 Å². The molecule has 49 heavy (non-hydrogen) atoms. The molecule has 0 saturated heterocycles. The van der Waals surface area contributed by atoms with Gasteiger partial charge in [-0.05, 0) is 44.9 Å². The Morgan fingerprint density at radius 1 is 0.612 bits per heavy atom. The van der Waals surface area contributed by atoms with Crippen molar-refractivity contribution >= 4 is 17.9 Å². The molecule has 0 spiro atoms. The summed E-state index contributed by atoms with van der Waals surface area (Å²) in [6.07, 6.45) is 29.7. The quantitative estimate of drug-likeness (QED) is 0.0230. The molecule has 0 radical (unpaired) electrons. The van der Waals surface area contributed by atoms with Gasteiger partial charge >= 0.3 is 17.9 Å². The van der Waals surface area contributed by atoms with E-state index in [0.29, 0.717) is 23.9 Å². The first kappa shape index (κ1) is 46.8. The van der Waals surface area contributed by atoms with Crippen LogP contribution in [0.15, 0.2) is 24.3 Å². The predicted octanol–water partition coefficient (Wildman–Crippen LogP) is 9.33. The molecule has 0 aliphatic carbocycles. The highest BCUT2D eigenvalue weighted by atomic mass is 16.7. The number of rotatable bonds is 35. The topological polar surface area (TPSA) is 108 Å². The summed E-state index contributed by atoms with van der Waals surface area (Å²) in [5, 5.41) is 9.56. The Labute approximate surface area is 299 Å². The number of carbonyl (C=O) groups excluding carboxylic acids is 2. The Hall–Kier alpha value is -2.23. The van der Waals surface area contributed by atoms with Gasteiger partial charge in [0, 0.05) is 12.8 Å². The number of hydrogen-bond acceptors (Lipinski definition) is 7. The number of unbranched alkanes of at least 4 members (excludes halogenated alkanes) is 16. The maximum Gasteiger partial charge on any atom is 0.361 e. The van der Waals surface area contributed by atoms with Crippen molar-refractivity contribution in [1.29, 1.82) is 0 Å². The molecule has 0 saturated carbocycles. The maximum absolute atomic E-state index is 12.6. The van der Waals surface area contributed by atoms with Gasteiger partial charge in [0.25, 0.3) is 6.29 Å². The molecule has 0 aliphatic rings. The first-order valence-corrected chi connectivity index (χ1v) is 19.5. The number of hydrogen-bond donors (Lipinski definition) is 1. The SMILES string of the molecule is CCCCCC/C=C\C/C=C\CCCCCCCCCC(=O)OC(COC(=O)CCCCCCCC)COC(OCC[N+](C)(C)C)C(=O)O. The second-order valence-corrected chi connectivity index (χ2v) is 14.2. The zero-order valence-corrected chi connectivity index (χ0v) is 32.1. The summed E-state index contributed by atoms with van der Waals surface area (Å²) in [5.41, 5.74) is 0. The lowest BCUT2D eigenvalue weighted by Crippen LogP contribution is -2.40. The van der Waals surface area contributed by atoms with E-state index >= 15 is 0 Å². The summed E-state index contributed by atoms with van der Waals surface area (Å²) in [5.74, 6) is -2.03. The minimum Gasteiger partial charge on any atom is -0.477 e. The smallest absolute Gasteiger partial charge is 0.361 e. The second kappa shape index (κ2) is 32.9. The molecule has 0 aromatic carbocycles. The summed E-state index contributed by atoms with van der Waals surface area (Å²) in [4.78, 5) is 36.7. The first-order chi connectivity index (χ1) is 23.6. The van der Waals surface area contributed by atoms with E-state index in [1.807, 2.05) is 21.1 Å². The van der Waals surface area contributed by atoms with Gasteiger partial charge in [0.05, 0.1) is 34.4 Å². The average molecular weight is 697 g/mol. The van der Waals surface area contributed by atoms with Crippen molar-refractivity contribution in [3.8, 4) is 0 Å². The van der Waals surface area contributed by atoms with Crippen molar-refractivity contribution in [3.63, 3.8) is 0 Å². The zero-order chi connectivity index (χ0) is 36.4. The molecule has 0 rings (SSSR count). The maximum atomic E-state index is 12.6. The van der Waals surface area contributed by atoms with Crippen LogP contribution in [-0.2, 0) is 33.3 Å². The second-order valence-electron chi connectivity index (χ2n) is 14.2. The van der Waals surface area contributed by atoms with E-state index < -0.39 is 24.3 Å². The van der Waals surface area contributed by atoms with Gasteiger partial charge in [-0.15, -0.1) is 0 Å². The van der Waals surface area contributed by atoms with Crippen LogP contribution in [0.3, 0.4) is 0 Å². The predicted molar refractivity (Wildman–Crippen MR) is 198 cm³/mol. The molecule has 0 fully saturated rings. The van der Waals surface area contributed by atoms with Crippen molar-refractivity contribution < 1.29 is 42.9 Å². The average Bonchev–Trinajstić information content (AvgIpc) is 3.05.